The van der Waals surface area contributed by atoms with E-state index in [4.69, 9.17) is 4.74 Å². The van der Waals surface area contributed by atoms with Crippen LogP contribution in [-0.4, -0.2) is 35.6 Å². The number of aryl methyl sites for hydroxylation is 2. The lowest BCUT2D eigenvalue weighted by molar-refractivity contribution is -0.125. The van der Waals surface area contributed by atoms with Crippen molar-refractivity contribution in [3.63, 3.8) is 0 Å². The maximum Gasteiger partial charge on any atom is 0.255 e. The van der Waals surface area contributed by atoms with E-state index >= 15 is 0 Å². The number of hydrogen-bond donors (Lipinski definition) is 1. The van der Waals surface area contributed by atoms with E-state index in [1.54, 1.807) is 24.1 Å². The Labute approximate surface area is 271 Å². The highest BCUT2D eigenvalue weighted by molar-refractivity contribution is 7.10. The summed E-state index contributed by atoms with van der Waals surface area (Å²) in [5.41, 5.74) is 3.84. The number of benzene rings is 3. The van der Waals surface area contributed by atoms with Crippen molar-refractivity contribution in [1.82, 2.24) is 10.2 Å². The first-order valence-electron chi connectivity index (χ1n) is 14.8. The van der Waals surface area contributed by atoms with Gasteiger partial charge in [0.25, 0.3) is 5.91 Å². The van der Waals surface area contributed by atoms with Crippen LogP contribution in [0, 0.1) is 19.8 Å². The standard InChI is InChI=1S/C37H34N2O4S2/c1-23-10-7-8-13-28(23)34(40)30-31(35-24(2)19-21-45-35)33(36(41)38-22-25-15-17-27(43-3)18-16-25)39(32(30)29-14-9-20-44-29)37(42)26-11-5-4-6-12-26/h4-21,30-33H,22H2,1-3H3,(H,38,41). The van der Waals surface area contributed by atoms with Crippen LogP contribution in [-0.2, 0) is 11.3 Å². The minimum atomic E-state index is -0.932. The lowest BCUT2D eigenvalue weighted by Gasteiger charge is -2.31. The maximum absolute atomic E-state index is 14.8. The van der Waals surface area contributed by atoms with Crippen molar-refractivity contribution in [3.8, 4) is 5.75 Å². The molecular formula is C37H34N2O4S2. The second kappa shape index (κ2) is 13.2. The predicted octanol–water partition coefficient (Wildman–Crippen LogP) is 7.60. The van der Waals surface area contributed by atoms with Gasteiger partial charge in [0.2, 0.25) is 5.91 Å². The van der Waals surface area contributed by atoms with Crippen molar-refractivity contribution >= 4 is 40.3 Å². The van der Waals surface area contributed by atoms with E-state index in [1.807, 2.05) is 110 Å². The zero-order valence-electron chi connectivity index (χ0n) is 25.3. The number of nitrogens with one attached hydrogen (secondary N) is 1. The van der Waals surface area contributed by atoms with Crippen molar-refractivity contribution in [1.29, 1.82) is 0 Å². The molecule has 1 saturated heterocycles. The fourth-order valence-corrected chi connectivity index (χ4v) is 8.34. The van der Waals surface area contributed by atoms with Crippen molar-refractivity contribution in [3.05, 3.63) is 145 Å². The quantitative estimate of drug-likeness (QED) is 0.170. The highest BCUT2D eigenvalue weighted by Gasteiger charge is 2.58. The third-order valence-corrected chi connectivity index (χ3v) is 10.6. The monoisotopic (exact) mass is 634 g/mol. The van der Waals surface area contributed by atoms with Crippen LogP contribution in [0.25, 0.3) is 0 Å². The molecule has 3 aromatic carbocycles. The molecular weight excluding hydrogens is 601 g/mol. The molecule has 2 amide bonds. The van der Waals surface area contributed by atoms with Gasteiger partial charge in [0.15, 0.2) is 5.78 Å². The average molecular weight is 635 g/mol. The number of hydrogen-bond acceptors (Lipinski definition) is 6. The Morgan fingerprint density at radius 3 is 2.18 bits per heavy atom. The van der Waals surface area contributed by atoms with Crippen LogP contribution >= 0.6 is 22.7 Å². The second-order valence-electron chi connectivity index (χ2n) is 11.2. The molecule has 0 bridgehead atoms. The first-order chi connectivity index (χ1) is 21.9. The van der Waals surface area contributed by atoms with Crippen molar-refractivity contribution in [2.45, 2.75) is 38.4 Å². The first kappa shape index (κ1) is 30.5. The highest BCUT2D eigenvalue weighted by atomic mass is 32.1. The molecule has 0 radical (unpaired) electrons. The smallest absolute Gasteiger partial charge is 0.255 e. The van der Waals surface area contributed by atoms with E-state index in [9.17, 15) is 14.4 Å². The van der Waals surface area contributed by atoms with Gasteiger partial charge >= 0.3 is 0 Å². The molecule has 8 heteroatoms. The molecule has 0 aliphatic carbocycles. The van der Waals surface area contributed by atoms with E-state index in [2.05, 4.69) is 5.32 Å². The summed E-state index contributed by atoms with van der Waals surface area (Å²) in [6, 6.07) is 28.4. The van der Waals surface area contributed by atoms with Crippen LogP contribution in [0.1, 0.15) is 59.1 Å². The van der Waals surface area contributed by atoms with Crippen LogP contribution in [0.3, 0.4) is 0 Å². The molecule has 1 N–H and O–H groups in total. The third kappa shape index (κ3) is 5.95. The third-order valence-electron chi connectivity index (χ3n) is 8.57. The Hall–Kier alpha value is -4.53. The summed E-state index contributed by atoms with van der Waals surface area (Å²) in [5, 5.41) is 7.08. The zero-order chi connectivity index (χ0) is 31.5. The number of methoxy groups -OCH3 is 1. The average Bonchev–Trinajstić information content (AvgIpc) is 3.83. The van der Waals surface area contributed by atoms with E-state index in [1.165, 1.54) is 22.7 Å². The van der Waals surface area contributed by atoms with E-state index in [0.717, 1.165) is 32.2 Å². The molecule has 45 heavy (non-hydrogen) atoms. The first-order valence-corrected chi connectivity index (χ1v) is 16.6. The number of carbonyl (C=O) groups excluding carboxylic acids is 3. The molecule has 6 nitrogen and oxygen atoms in total. The van der Waals surface area contributed by atoms with E-state index in [-0.39, 0.29) is 24.1 Å². The lowest BCUT2D eigenvalue weighted by atomic mass is 9.78. The van der Waals surface area contributed by atoms with Crippen LogP contribution in [0.15, 0.2) is 108 Å². The number of carbonyl (C=O) groups is 3. The van der Waals surface area contributed by atoms with Gasteiger partial charge in [0.1, 0.15) is 11.8 Å². The maximum atomic E-state index is 14.8. The topological polar surface area (TPSA) is 75.7 Å². The van der Waals surface area contributed by atoms with Crippen molar-refractivity contribution in [2.24, 2.45) is 5.92 Å². The highest BCUT2D eigenvalue weighted by Crippen LogP contribution is 2.54. The van der Waals surface area contributed by atoms with Gasteiger partial charge in [-0.05, 0) is 77.7 Å². The number of Topliss-reactive ketones (excluding diaryl/α,β-unsaturated/α-hetero) is 1. The Kier molecular flexibility index (Phi) is 8.96. The van der Waals surface area contributed by atoms with Gasteiger partial charge in [-0.3, -0.25) is 14.4 Å². The Balaban J connectivity index is 1.52. The number of rotatable bonds is 9. The van der Waals surface area contributed by atoms with Crippen molar-refractivity contribution in [2.75, 3.05) is 7.11 Å². The molecule has 1 aliphatic heterocycles. The molecule has 228 valence electrons. The molecule has 5 aromatic rings. The summed E-state index contributed by atoms with van der Waals surface area (Å²) in [4.78, 5) is 47.5. The van der Waals surface area contributed by atoms with Gasteiger partial charge in [-0.1, -0.05) is 60.7 Å². The summed E-state index contributed by atoms with van der Waals surface area (Å²) in [6.45, 7) is 4.21. The minimum Gasteiger partial charge on any atom is -0.497 e. The van der Waals surface area contributed by atoms with Gasteiger partial charge in [-0.25, -0.2) is 0 Å². The predicted molar refractivity (Wildman–Crippen MR) is 179 cm³/mol. The molecule has 0 spiro atoms. The van der Waals surface area contributed by atoms with Gasteiger partial charge in [-0.2, -0.15) is 0 Å². The largest absolute Gasteiger partial charge is 0.497 e. The fourth-order valence-electron chi connectivity index (χ4n) is 6.36. The number of thiophene rings is 2. The molecule has 2 aromatic heterocycles. The molecule has 0 saturated carbocycles. The van der Waals surface area contributed by atoms with E-state index < -0.39 is 23.9 Å². The van der Waals surface area contributed by atoms with Crippen LogP contribution in [0.4, 0.5) is 0 Å². The molecule has 1 fully saturated rings. The Morgan fingerprint density at radius 2 is 1.53 bits per heavy atom. The number of ether oxygens (including phenoxy) is 1. The summed E-state index contributed by atoms with van der Waals surface area (Å²) >= 11 is 3.04. The molecule has 4 unspecified atom stereocenters. The molecule has 6 rings (SSSR count). The Morgan fingerprint density at radius 1 is 0.800 bits per heavy atom. The van der Waals surface area contributed by atoms with Gasteiger partial charge in [0, 0.05) is 33.3 Å². The number of likely N-dealkylation sites (tertiary alicyclic amines) is 1. The van der Waals surface area contributed by atoms with Crippen LogP contribution in [0.5, 0.6) is 5.75 Å². The molecule has 4 atom stereocenters. The fraction of sp³-hybridized carbons (Fsp3) is 0.216. The zero-order valence-corrected chi connectivity index (χ0v) is 26.9. The van der Waals surface area contributed by atoms with Crippen molar-refractivity contribution < 1.29 is 19.1 Å². The summed E-state index contributed by atoms with van der Waals surface area (Å²) in [7, 11) is 1.61. The van der Waals surface area contributed by atoms with Gasteiger partial charge < -0.3 is 15.0 Å². The number of amides is 2. The summed E-state index contributed by atoms with van der Waals surface area (Å²) in [6.07, 6.45) is 0. The van der Waals surface area contributed by atoms with Gasteiger partial charge in [0.05, 0.1) is 19.1 Å². The number of ketones is 1. The lowest BCUT2D eigenvalue weighted by Crippen LogP contribution is -2.48. The van der Waals surface area contributed by atoms with Crippen LogP contribution in [0.2, 0.25) is 0 Å². The van der Waals surface area contributed by atoms with E-state index in [0.29, 0.717) is 11.1 Å². The SMILES string of the molecule is COc1ccc(CNC(=O)C2C(c3sccc3C)C(C(=O)c3ccccc3C)C(c3cccs3)N2C(=O)c2ccccc2)cc1. The van der Waals surface area contributed by atoms with Crippen LogP contribution < -0.4 is 10.1 Å². The summed E-state index contributed by atoms with van der Waals surface area (Å²) < 4.78 is 5.29. The molecule has 3 heterocycles. The summed E-state index contributed by atoms with van der Waals surface area (Å²) in [5.74, 6) is -1.17. The second-order valence-corrected chi connectivity index (χ2v) is 13.2. The normalized spacial score (nSPS) is 19.3. The Bertz CT molecular complexity index is 1800. The number of nitrogens with zero attached hydrogens (tertiary/aromatic N) is 1. The van der Waals surface area contributed by atoms with Gasteiger partial charge in [-0.15, -0.1) is 22.7 Å². The minimum absolute atomic E-state index is 0.0689. The molecule has 1 aliphatic rings.